The number of anilines is 3. The number of aromatic nitrogens is 3. The SMILES string of the molecule is CCOC(=O)C=C(C)c1cnc(N(c2ccccn2)N2CCNCC2)nc1NC1CCCC1. The van der Waals surface area contributed by atoms with E-state index < -0.39 is 0 Å². The van der Waals surface area contributed by atoms with Crippen molar-refractivity contribution in [2.75, 3.05) is 43.1 Å². The number of hydrogen-bond donors (Lipinski definition) is 2. The minimum Gasteiger partial charge on any atom is -0.463 e. The van der Waals surface area contributed by atoms with E-state index in [4.69, 9.17) is 14.7 Å². The Kier molecular flexibility index (Phi) is 7.85. The Morgan fingerprint density at radius 2 is 2.06 bits per heavy atom. The van der Waals surface area contributed by atoms with Crippen LogP contribution in [-0.2, 0) is 9.53 Å². The molecule has 0 amide bonds. The number of piperazine rings is 1. The number of hydrogen-bond acceptors (Lipinski definition) is 9. The van der Waals surface area contributed by atoms with Crippen LogP contribution in [0, 0.1) is 0 Å². The predicted octanol–water partition coefficient (Wildman–Crippen LogP) is 3.15. The van der Waals surface area contributed by atoms with E-state index in [0.29, 0.717) is 18.6 Å². The van der Waals surface area contributed by atoms with Gasteiger partial charge in [-0.05, 0) is 44.4 Å². The number of rotatable bonds is 8. The molecule has 0 unspecified atom stereocenters. The Labute approximate surface area is 195 Å². The fraction of sp³-hybridized carbons (Fsp3) is 0.500. The summed E-state index contributed by atoms with van der Waals surface area (Å²) in [6, 6.07) is 6.20. The molecule has 33 heavy (non-hydrogen) atoms. The van der Waals surface area contributed by atoms with E-state index in [-0.39, 0.29) is 5.97 Å². The predicted molar refractivity (Wildman–Crippen MR) is 129 cm³/mol. The molecule has 9 heteroatoms. The van der Waals surface area contributed by atoms with E-state index in [2.05, 4.69) is 20.6 Å². The highest BCUT2D eigenvalue weighted by molar-refractivity contribution is 5.92. The van der Waals surface area contributed by atoms with Crippen LogP contribution in [0.1, 0.15) is 45.1 Å². The summed E-state index contributed by atoms with van der Waals surface area (Å²) < 4.78 is 5.10. The zero-order valence-corrected chi connectivity index (χ0v) is 19.5. The first kappa shape index (κ1) is 23.1. The van der Waals surface area contributed by atoms with Gasteiger partial charge in [0.15, 0.2) is 0 Å². The standard InChI is InChI=1S/C24H33N7O2/c1-3-33-22(32)16-18(2)20-17-27-24(29-23(20)28-19-8-4-5-9-19)31(21-10-6-7-11-26-21)30-14-12-25-13-15-30/h6-7,10-11,16-17,19,25H,3-5,8-9,12-15H2,1-2H3,(H,27,28,29). The number of carbonyl (C=O) groups excluding carboxylic acids is 1. The van der Waals surface area contributed by atoms with Crippen LogP contribution in [0.5, 0.6) is 0 Å². The molecule has 2 aliphatic rings. The van der Waals surface area contributed by atoms with E-state index in [0.717, 1.165) is 61.8 Å². The molecule has 1 saturated carbocycles. The Bertz CT molecular complexity index is 955. The molecule has 9 nitrogen and oxygen atoms in total. The molecule has 2 aromatic heterocycles. The molecule has 0 bridgehead atoms. The van der Waals surface area contributed by atoms with Gasteiger partial charge in [0, 0.05) is 56.3 Å². The summed E-state index contributed by atoms with van der Waals surface area (Å²) in [5.41, 5.74) is 1.58. The summed E-state index contributed by atoms with van der Waals surface area (Å²) in [6.45, 7) is 7.46. The smallest absolute Gasteiger partial charge is 0.331 e. The maximum Gasteiger partial charge on any atom is 0.331 e. The third kappa shape index (κ3) is 5.85. The third-order valence-corrected chi connectivity index (χ3v) is 5.95. The van der Waals surface area contributed by atoms with Gasteiger partial charge in [-0.25, -0.2) is 24.8 Å². The minimum absolute atomic E-state index is 0.342. The van der Waals surface area contributed by atoms with E-state index in [1.54, 1.807) is 19.3 Å². The van der Waals surface area contributed by atoms with Crippen molar-refractivity contribution in [2.24, 2.45) is 0 Å². The third-order valence-electron chi connectivity index (χ3n) is 5.95. The molecule has 2 aromatic rings. The highest BCUT2D eigenvalue weighted by Gasteiger charge is 2.26. The highest BCUT2D eigenvalue weighted by Crippen LogP contribution is 2.30. The van der Waals surface area contributed by atoms with Crippen LogP contribution < -0.4 is 15.6 Å². The lowest BCUT2D eigenvalue weighted by atomic mass is 10.1. The molecule has 1 saturated heterocycles. The second-order valence-corrected chi connectivity index (χ2v) is 8.34. The Hall–Kier alpha value is -3.04. The first-order valence-electron chi connectivity index (χ1n) is 11.8. The molecule has 0 spiro atoms. The number of nitrogens with zero attached hydrogens (tertiary/aromatic N) is 5. The van der Waals surface area contributed by atoms with Crippen LogP contribution in [0.15, 0.2) is 36.7 Å². The minimum atomic E-state index is -0.359. The molecule has 2 N–H and O–H groups in total. The number of nitrogens with one attached hydrogen (secondary N) is 2. The van der Waals surface area contributed by atoms with Gasteiger partial charge in [-0.15, -0.1) is 0 Å². The van der Waals surface area contributed by atoms with Crippen LogP contribution in [-0.4, -0.2) is 64.8 Å². The Morgan fingerprint density at radius 1 is 1.27 bits per heavy atom. The first-order valence-corrected chi connectivity index (χ1v) is 11.8. The molecule has 3 heterocycles. The van der Waals surface area contributed by atoms with Gasteiger partial charge in [-0.1, -0.05) is 18.9 Å². The number of allylic oxidation sites excluding steroid dienone is 1. The Balaban J connectivity index is 1.72. The molecular weight excluding hydrogens is 418 g/mol. The molecule has 1 aliphatic heterocycles. The van der Waals surface area contributed by atoms with Gasteiger partial charge in [0.05, 0.1) is 6.61 Å². The lowest BCUT2D eigenvalue weighted by Gasteiger charge is -2.37. The molecule has 1 aliphatic carbocycles. The fourth-order valence-electron chi connectivity index (χ4n) is 4.28. The van der Waals surface area contributed by atoms with Gasteiger partial charge in [0.2, 0.25) is 5.95 Å². The van der Waals surface area contributed by atoms with E-state index in [9.17, 15) is 4.79 Å². The molecule has 2 fully saturated rings. The molecule has 0 aromatic carbocycles. The van der Waals surface area contributed by atoms with Crippen molar-refractivity contribution in [1.29, 1.82) is 0 Å². The fourth-order valence-corrected chi connectivity index (χ4v) is 4.28. The monoisotopic (exact) mass is 451 g/mol. The molecular formula is C24H33N7O2. The molecule has 176 valence electrons. The van der Waals surface area contributed by atoms with Crippen LogP contribution in [0.25, 0.3) is 5.57 Å². The van der Waals surface area contributed by atoms with E-state index in [1.165, 1.54) is 18.9 Å². The van der Waals surface area contributed by atoms with Crippen LogP contribution >= 0.6 is 0 Å². The van der Waals surface area contributed by atoms with Gasteiger partial charge in [0.25, 0.3) is 0 Å². The van der Waals surface area contributed by atoms with Crippen LogP contribution in [0.3, 0.4) is 0 Å². The quantitative estimate of drug-likeness (QED) is 0.463. The number of ether oxygens (including phenoxy) is 1. The van der Waals surface area contributed by atoms with Gasteiger partial charge in [-0.2, -0.15) is 4.98 Å². The summed E-state index contributed by atoms with van der Waals surface area (Å²) in [5, 5.41) is 11.2. The second kappa shape index (κ2) is 11.2. The lowest BCUT2D eigenvalue weighted by Crippen LogP contribution is -2.51. The van der Waals surface area contributed by atoms with Crippen LogP contribution in [0.2, 0.25) is 0 Å². The zero-order chi connectivity index (χ0) is 23.0. The molecule has 0 radical (unpaired) electrons. The van der Waals surface area contributed by atoms with Gasteiger partial charge in [0.1, 0.15) is 11.6 Å². The van der Waals surface area contributed by atoms with Gasteiger partial charge in [-0.3, -0.25) is 0 Å². The van der Waals surface area contributed by atoms with Crippen molar-refractivity contribution in [2.45, 2.75) is 45.6 Å². The number of pyridine rings is 1. The van der Waals surface area contributed by atoms with Crippen molar-refractivity contribution in [3.05, 3.63) is 42.2 Å². The Morgan fingerprint density at radius 3 is 2.76 bits per heavy atom. The van der Waals surface area contributed by atoms with Crippen LogP contribution in [0.4, 0.5) is 17.6 Å². The van der Waals surface area contributed by atoms with E-state index in [1.807, 2.05) is 30.1 Å². The average molecular weight is 452 g/mol. The lowest BCUT2D eigenvalue weighted by molar-refractivity contribution is -0.137. The summed E-state index contributed by atoms with van der Waals surface area (Å²) in [7, 11) is 0. The number of hydrazine groups is 1. The first-order chi connectivity index (χ1) is 16.2. The highest BCUT2D eigenvalue weighted by atomic mass is 16.5. The summed E-state index contributed by atoms with van der Waals surface area (Å²) in [6.07, 6.45) is 9.73. The molecule has 4 rings (SSSR count). The maximum atomic E-state index is 12.1. The number of esters is 1. The van der Waals surface area contributed by atoms with E-state index >= 15 is 0 Å². The van der Waals surface area contributed by atoms with Crippen molar-refractivity contribution >= 4 is 29.1 Å². The topological polar surface area (TPSA) is 95.5 Å². The summed E-state index contributed by atoms with van der Waals surface area (Å²) >= 11 is 0. The van der Waals surface area contributed by atoms with Crippen molar-refractivity contribution in [3.63, 3.8) is 0 Å². The van der Waals surface area contributed by atoms with Crippen molar-refractivity contribution in [3.8, 4) is 0 Å². The van der Waals surface area contributed by atoms with Crippen molar-refractivity contribution in [1.82, 2.24) is 25.3 Å². The zero-order valence-electron chi connectivity index (χ0n) is 19.5. The maximum absolute atomic E-state index is 12.1. The van der Waals surface area contributed by atoms with Gasteiger partial charge < -0.3 is 15.4 Å². The van der Waals surface area contributed by atoms with Crippen molar-refractivity contribution < 1.29 is 9.53 Å². The summed E-state index contributed by atoms with van der Waals surface area (Å²) in [5.74, 6) is 1.71. The van der Waals surface area contributed by atoms with Gasteiger partial charge >= 0.3 is 5.97 Å². The average Bonchev–Trinajstić information content (AvgIpc) is 3.34. The normalized spacial score (nSPS) is 17.7. The molecule has 0 atom stereocenters. The second-order valence-electron chi connectivity index (χ2n) is 8.34. The number of carbonyl (C=O) groups is 1. The largest absolute Gasteiger partial charge is 0.463 e. The summed E-state index contributed by atoms with van der Waals surface area (Å²) in [4.78, 5) is 26.3.